The molecule has 2 aromatic rings. The number of hydrogen-bond acceptors (Lipinski definition) is 5. The van der Waals surface area contributed by atoms with E-state index in [4.69, 9.17) is 18.6 Å². The third-order valence-electron chi connectivity index (χ3n) is 3.67. The molecule has 0 aliphatic carbocycles. The zero-order valence-corrected chi connectivity index (χ0v) is 14.9. The van der Waals surface area contributed by atoms with Crippen LogP contribution in [0, 0.1) is 6.92 Å². The molecule has 24 heavy (non-hydrogen) atoms. The van der Waals surface area contributed by atoms with Gasteiger partial charge in [-0.2, -0.15) is 0 Å². The monoisotopic (exact) mass is 333 g/mol. The van der Waals surface area contributed by atoms with Crippen LogP contribution in [0.5, 0.6) is 17.2 Å². The van der Waals surface area contributed by atoms with Gasteiger partial charge in [-0.3, -0.25) is 4.79 Å². The molecule has 0 spiro atoms. The fourth-order valence-electron chi connectivity index (χ4n) is 2.37. The van der Waals surface area contributed by atoms with Crippen LogP contribution in [0.15, 0.2) is 22.6 Å². The molecular weight excluding hydrogens is 310 g/mol. The molecule has 6 heteroatoms. The number of anilines is 1. The van der Waals surface area contributed by atoms with Crippen molar-refractivity contribution in [2.75, 3.05) is 26.6 Å². The predicted octanol–water partition coefficient (Wildman–Crippen LogP) is 3.99. The van der Waals surface area contributed by atoms with Gasteiger partial charge < -0.3 is 23.9 Å². The first-order valence-electron chi connectivity index (χ1n) is 7.62. The number of rotatable bonds is 6. The van der Waals surface area contributed by atoms with E-state index in [2.05, 4.69) is 5.32 Å². The molecule has 0 aliphatic heterocycles. The van der Waals surface area contributed by atoms with E-state index in [1.165, 1.54) is 21.3 Å². The fraction of sp³-hybridized carbons (Fsp3) is 0.389. The van der Waals surface area contributed by atoms with Gasteiger partial charge in [0.1, 0.15) is 11.5 Å². The van der Waals surface area contributed by atoms with Gasteiger partial charge in [0.25, 0.3) is 5.91 Å². The molecule has 0 saturated carbocycles. The quantitative estimate of drug-likeness (QED) is 0.865. The van der Waals surface area contributed by atoms with Crippen molar-refractivity contribution in [1.29, 1.82) is 0 Å². The van der Waals surface area contributed by atoms with E-state index >= 15 is 0 Å². The lowest BCUT2D eigenvalue weighted by Crippen LogP contribution is -2.12. The number of carbonyl (C=O) groups is 1. The number of amides is 1. The number of nitrogens with one attached hydrogen (secondary N) is 1. The number of carbonyl (C=O) groups excluding carboxylic acids is 1. The average molecular weight is 333 g/mol. The first kappa shape index (κ1) is 17.7. The normalized spacial score (nSPS) is 10.6. The minimum Gasteiger partial charge on any atom is -0.493 e. The Morgan fingerprint density at radius 3 is 2.04 bits per heavy atom. The molecule has 0 radical (unpaired) electrons. The largest absolute Gasteiger partial charge is 0.493 e. The van der Waals surface area contributed by atoms with Gasteiger partial charge in [-0.25, -0.2) is 0 Å². The Morgan fingerprint density at radius 1 is 1.04 bits per heavy atom. The van der Waals surface area contributed by atoms with Crippen LogP contribution in [0.25, 0.3) is 0 Å². The van der Waals surface area contributed by atoms with E-state index in [1.807, 2.05) is 13.8 Å². The Kier molecular flexibility index (Phi) is 5.39. The van der Waals surface area contributed by atoms with E-state index in [0.717, 1.165) is 5.76 Å². The van der Waals surface area contributed by atoms with E-state index in [9.17, 15) is 4.79 Å². The number of aryl methyl sites for hydroxylation is 1. The summed E-state index contributed by atoms with van der Waals surface area (Å²) in [5.74, 6) is 2.74. The Hall–Kier alpha value is -2.63. The highest BCUT2D eigenvalue weighted by atomic mass is 16.5. The molecule has 0 atom stereocenters. The Morgan fingerprint density at radius 2 is 1.62 bits per heavy atom. The van der Waals surface area contributed by atoms with Crippen LogP contribution in [-0.2, 0) is 0 Å². The summed E-state index contributed by atoms with van der Waals surface area (Å²) in [6.45, 7) is 5.80. The maximum absolute atomic E-state index is 12.5. The fourth-order valence-corrected chi connectivity index (χ4v) is 2.37. The van der Waals surface area contributed by atoms with Gasteiger partial charge in [-0.15, -0.1) is 0 Å². The van der Waals surface area contributed by atoms with Crippen LogP contribution < -0.4 is 19.5 Å². The number of ether oxygens (including phenoxy) is 3. The lowest BCUT2D eigenvalue weighted by atomic mass is 10.1. The molecular formula is C18H23NO5. The van der Waals surface area contributed by atoms with Crippen molar-refractivity contribution in [2.24, 2.45) is 0 Å². The molecule has 0 saturated heterocycles. The van der Waals surface area contributed by atoms with E-state index < -0.39 is 0 Å². The van der Waals surface area contributed by atoms with Crippen LogP contribution in [0.4, 0.5) is 5.69 Å². The average Bonchev–Trinajstić information content (AvgIpc) is 2.96. The van der Waals surface area contributed by atoms with E-state index in [-0.39, 0.29) is 11.8 Å². The van der Waals surface area contributed by atoms with Crippen LogP contribution in [0.3, 0.4) is 0 Å². The summed E-state index contributed by atoms with van der Waals surface area (Å²) in [6, 6.07) is 5.13. The zero-order chi connectivity index (χ0) is 17.9. The van der Waals surface area contributed by atoms with Crippen LogP contribution >= 0.6 is 0 Å². The summed E-state index contributed by atoms with van der Waals surface area (Å²) >= 11 is 0. The molecule has 2 rings (SSSR count). The second kappa shape index (κ2) is 7.29. The van der Waals surface area contributed by atoms with Crippen molar-refractivity contribution >= 4 is 11.6 Å². The van der Waals surface area contributed by atoms with Gasteiger partial charge in [0.15, 0.2) is 11.5 Å². The number of furan rings is 1. The van der Waals surface area contributed by atoms with Gasteiger partial charge in [0, 0.05) is 23.7 Å². The number of methoxy groups -OCH3 is 3. The highest BCUT2D eigenvalue weighted by molar-refractivity contribution is 6.05. The zero-order valence-electron chi connectivity index (χ0n) is 14.9. The van der Waals surface area contributed by atoms with Crippen molar-refractivity contribution < 1.29 is 23.4 Å². The van der Waals surface area contributed by atoms with Crippen LogP contribution in [0.2, 0.25) is 0 Å². The summed E-state index contributed by atoms with van der Waals surface area (Å²) in [6.07, 6.45) is 0. The van der Waals surface area contributed by atoms with Crippen molar-refractivity contribution in [2.45, 2.75) is 26.7 Å². The standard InChI is InChI=1S/C18H23NO5/c1-10(2)14-9-13(11(3)24-14)18(20)19-12-7-15(21-4)17(23-6)16(8-12)22-5/h7-10H,1-6H3,(H,19,20). The van der Waals surface area contributed by atoms with Crippen molar-refractivity contribution in [3.8, 4) is 17.2 Å². The summed E-state index contributed by atoms with van der Waals surface area (Å²) in [4.78, 5) is 12.5. The van der Waals surface area contributed by atoms with Gasteiger partial charge in [0.05, 0.1) is 26.9 Å². The molecule has 0 aliphatic rings. The van der Waals surface area contributed by atoms with Crippen LogP contribution in [-0.4, -0.2) is 27.2 Å². The molecule has 0 fully saturated rings. The van der Waals surface area contributed by atoms with Crippen LogP contribution in [0.1, 0.15) is 41.6 Å². The second-order valence-corrected chi connectivity index (χ2v) is 5.64. The smallest absolute Gasteiger partial charge is 0.259 e. The lowest BCUT2D eigenvalue weighted by Gasteiger charge is -2.14. The van der Waals surface area contributed by atoms with Crippen molar-refractivity contribution in [3.63, 3.8) is 0 Å². The molecule has 1 amide bonds. The van der Waals surface area contributed by atoms with Crippen molar-refractivity contribution in [3.05, 3.63) is 35.3 Å². The molecule has 130 valence electrons. The maximum Gasteiger partial charge on any atom is 0.259 e. The second-order valence-electron chi connectivity index (χ2n) is 5.64. The first-order chi connectivity index (χ1) is 11.4. The van der Waals surface area contributed by atoms with Gasteiger partial charge in [0.2, 0.25) is 5.75 Å². The Balaban J connectivity index is 2.32. The van der Waals surface area contributed by atoms with Gasteiger partial charge in [-0.05, 0) is 13.0 Å². The molecule has 1 heterocycles. The maximum atomic E-state index is 12.5. The molecule has 1 N–H and O–H groups in total. The number of benzene rings is 1. The third kappa shape index (κ3) is 3.48. The van der Waals surface area contributed by atoms with Gasteiger partial charge >= 0.3 is 0 Å². The third-order valence-corrected chi connectivity index (χ3v) is 3.67. The Labute approximate surface area is 141 Å². The number of hydrogen-bond donors (Lipinski definition) is 1. The topological polar surface area (TPSA) is 69.9 Å². The summed E-state index contributed by atoms with van der Waals surface area (Å²) in [5.41, 5.74) is 1.05. The molecule has 6 nitrogen and oxygen atoms in total. The first-order valence-corrected chi connectivity index (χ1v) is 7.62. The summed E-state index contributed by atoms with van der Waals surface area (Å²) in [5, 5.41) is 2.84. The predicted molar refractivity (Wildman–Crippen MR) is 91.6 cm³/mol. The molecule has 1 aromatic carbocycles. The molecule has 0 bridgehead atoms. The minimum absolute atomic E-state index is 0.214. The molecule has 1 aromatic heterocycles. The Bertz CT molecular complexity index is 708. The highest BCUT2D eigenvalue weighted by Crippen LogP contribution is 2.40. The molecule has 0 unspecified atom stereocenters. The van der Waals surface area contributed by atoms with E-state index in [1.54, 1.807) is 25.1 Å². The van der Waals surface area contributed by atoms with Gasteiger partial charge in [-0.1, -0.05) is 13.8 Å². The summed E-state index contributed by atoms with van der Waals surface area (Å²) in [7, 11) is 4.58. The highest BCUT2D eigenvalue weighted by Gasteiger charge is 2.19. The lowest BCUT2D eigenvalue weighted by molar-refractivity contribution is 0.102. The van der Waals surface area contributed by atoms with Crippen molar-refractivity contribution in [1.82, 2.24) is 0 Å². The van der Waals surface area contributed by atoms with E-state index in [0.29, 0.717) is 34.3 Å². The SMILES string of the molecule is COc1cc(NC(=O)c2cc(C(C)C)oc2C)cc(OC)c1OC. The summed E-state index contributed by atoms with van der Waals surface area (Å²) < 4.78 is 21.5. The minimum atomic E-state index is -0.252.